The zero-order chi connectivity index (χ0) is 21.5. The maximum Gasteiger partial charge on any atom is 0.356 e. The molecule has 1 aromatic carbocycles. The van der Waals surface area contributed by atoms with E-state index in [1.54, 1.807) is 0 Å². The van der Waals surface area contributed by atoms with E-state index in [0.717, 1.165) is 6.42 Å². The zero-order valence-corrected chi connectivity index (χ0v) is 17.1. The number of nitrogens with one attached hydrogen (secondary N) is 1. The van der Waals surface area contributed by atoms with Crippen molar-refractivity contribution in [2.24, 2.45) is 0 Å². The van der Waals surface area contributed by atoms with Crippen molar-refractivity contribution in [3.63, 3.8) is 0 Å². The summed E-state index contributed by atoms with van der Waals surface area (Å²) in [7, 11) is -3.45. The van der Waals surface area contributed by atoms with Crippen molar-refractivity contribution >= 4 is 21.5 Å². The highest BCUT2D eigenvalue weighted by molar-refractivity contribution is 7.91. The van der Waals surface area contributed by atoms with Gasteiger partial charge in [0.1, 0.15) is 5.69 Å². The van der Waals surface area contributed by atoms with E-state index in [2.05, 4.69) is 15.3 Å². The van der Waals surface area contributed by atoms with Crippen molar-refractivity contribution in [2.75, 3.05) is 24.3 Å². The highest BCUT2D eigenvalue weighted by Gasteiger charge is 2.31. The Hall–Kier alpha value is -2.56. The van der Waals surface area contributed by atoms with Crippen molar-refractivity contribution in [2.45, 2.75) is 37.3 Å². The Labute approximate surface area is 169 Å². The van der Waals surface area contributed by atoms with Gasteiger partial charge in [0.25, 0.3) is 0 Å². The Morgan fingerprint density at radius 1 is 1.17 bits per heavy atom. The average Bonchev–Trinajstić information content (AvgIpc) is 2.68. The van der Waals surface area contributed by atoms with E-state index < -0.39 is 21.5 Å². The minimum absolute atomic E-state index is 0.0250. The molecule has 0 saturated carbocycles. The Balaban J connectivity index is 2.09. The van der Waals surface area contributed by atoms with Gasteiger partial charge in [-0.3, -0.25) is 4.98 Å². The lowest BCUT2D eigenvalue weighted by molar-refractivity contribution is 0.0630. The van der Waals surface area contributed by atoms with Crippen LogP contribution in [0.25, 0.3) is 0 Å². The Bertz CT molecular complexity index is 929. The van der Waals surface area contributed by atoms with Crippen molar-refractivity contribution in [1.82, 2.24) is 9.97 Å². The van der Waals surface area contributed by atoms with E-state index in [9.17, 15) is 23.4 Å². The normalized spacial score (nSPS) is 13.6. The lowest BCUT2D eigenvalue weighted by Gasteiger charge is -2.26. The largest absolute Gasteiger partial charge is 0.476 e. The fourth-order valence-corrected chi connectivity index (χ4v) is 3.94. The summed E-state index contributed by atoms with van der Waals surface area (Å²) < 4.78 is 30.1. The number of anilines is 1. The third kappa shape index (κ3) is 6.21. The van der Waals surface area contributed by atoms with Crippen LogP contribution in [0.15, 0.2) is 41.6 Å². The van der Waals surface area contributed by atoms with E-state index in [0.29, 0.717) is 25.3 Å². The van der Waals surface area contributed by atoms with Gasteiger partial charge in [-0.15, -0.1) is 0 Å². The molecule has 0 spiro atoms. The first kappa shape index (κ1) is 22.7. The summed E-state index contributed by atoms with van der Waals surface area (Å²) in [5.41, 5.74) is -1.98. The number of carboxylic acid groups (broad SMARTS) is 1. The average molecular weight is 423 g/mol. The van der Waals surface area contributed by atoms with E-state index in [4.69, 9.17) is 4.74 Å². The van der Waals surface area contributed by atoms with Crippen molar-refractivity contribution < 1.29 is 28.2 Å². The lowest BCUT2D eigenvalue weighted by Crippen LogP contribution is -2.35. The number of carboxylic acids is 1. The fraction of sp³-hybridized carbons (Fsp3) is 0.421. The predicted molar refractivity (Wildman–Crippen MR) is 106 cm³/mol. The molecule has 0 fully saturated rings. The van der Waals surface area contributed by atoms with Gasteiger partial charge in [-0.05, 0) is 44.0 Å². The van der Waals surface area contributed by atoms with Crippen molar-refractivity contribution in [3.05, 3.63) is 48.0 Å². The second kappa shape index (κ2) is 9.77. The molecule has 0 radical (unpaired) electrons. The second-order valence-electron chi connectivity index (χ2n) is 6.57. The van der Waals surface area contributed by atoms with Crippen LogP contribution in [0.3, 0.4) is 0 Å². The number of rotatable bonds is 11. The first-order valence-electron chi connectivity index (χ1n) is 9.13. The molecule has 3 N–H and O–H groups in total. The Morgan fingerprint density at radius 3 is 2.45 bits per heavy atom. The summed E-state index contributed by atoms with van der Waals surface area (Å²) in [4.78, 5) is 19.1. The van der Waals surface area contributed by atoms with Crippen molar-refractivity contribution in [1.29, 1.82) is 0 Å². The smallest absolute Gasteiger partial charge is 0.356 e. The molecule has 0 bridgehead atoms. The van der Waals surface area contributed by atoms with Crippen LogP contribution in [0.1, 0.15) is 42.9 Å². The fourth-order valence-electron chi connectivity index (χ4n) is 2.65. The third-order valence-corrected chi connectivity index (χ3v) is 5.83. The first-order chi connectivity index (χ1) is 13.7. The van der Waals surface area contributed by atoms with E-state index in [-0.39, 0.29) is 22.0 Å². The lowest BCUT2D eigenvalue weighted by atomic mass is 10.1. The van der Waals surface area contributed by atoms with E-state index >= 15 is 0 Å². The Morgan fingerprint density at radius 2 is 1.83 bits per heavy atom. The standard InChI is InChI=1S/C19H25N3O6S/c1-3-11-28-12-4-13-29(26,27)15-7-5-14(6-8-15)22-19(2,25)17-16(18(23)24)20-9-10-21-17/h5-10,22,25H,3-4,11-13H2,1-2H3,(H,23,24). The summed E-state index contributed by atoms with van der Waals surface area (Å²) in [6, 6.07) is 5.84. The van der Waals surface area contributed by atoms with Gasteiger partial charge < -0.3 is 20.3 Å². The molecule has 0 aliphatic heterocycles. The molecule has 1 heterocycles. The molecular formula is C19H25N3O6S. The molecule has 1 aromatic heterocycles. The highest BCUT2D eigenvalue weighted by atomic mass is 32.2. The van der Waals surface area contributed by atoms with E-state index in [1.807, 2.05) is 6.92 Å². The molecule has 2 aromatic rings. The number of hydrogen-bond donors (Lipinski definition) is 3. The van der Waals surface area contributed by atoms with Crippen LogP contribution in [-0.2, 0) is 20.3 Å². The summed E-state index contributed by atoms with van der Waals surface area (Å²) >= 11 is 0. The molecule has 9 nitrogen and oxygen atoms in total. The monoisotopic (exact) mass is 423 g/mol. The predicted octanol–water partition coefficient (Wildman–Crippen LogP) is 2.04. The van der Waals surface area contributed by atoms with Gasteiger partial charge in [0.2, 0.25) is 0 Å². The zero-order valence-electron chi connectivity index (χ0n) is 16.3. The van der Waals surface area contributed by atoms with Crippen LogP contribution >= 0.6 is 0 Å². The highest BCUT2D eigenvalue weighted by Crippen LogP contribution is 2.25. The van der Waals surface area contributed by atoms with Crippen LogP contribution in [0, 0.1) is 0 Å². The Kier molecular flexibility index (Phi) is 7.66. The van der Waals surface area contributed by atoms with Gasteiger partial charge in [0, 0.05) is 31.3 Å². The number of aliphatic hydroxyl groups is 1. The summed E-state index contributed by atoms with van der Waals surface area (Å²) in [5.74, 6) is -1.34. The van der Waals surface area contributed by atoms with Crippen LogP contribution < -0.4 is 5.32 Å². The van der Waals surface area contributed by atoms with Crippen molar-refractivity contribution in [3.8, 4) is 0 Å². The number of aromatic carboxylic acids is 1. The molecule has 1 atom stereocenters. The molecule has 0 amide bonds. The molecule has 158 valence electrons. The number of benzene rings is 1. The summed E-state index contributed by atoms with van der Waals surface area (Å²) in [5, 5.41) is 22.6. The minimum Gasteiger partial charge on any atom is -0.476 e. The maximum absolute atomic E-state index is 12.4. The SMILES string of the molecule is CCCOCCCS(=O)(=O)c1ccc(NC(C)(O)c2nccnc2C(=O)O)cc1. The van der Waals surface area contributed by atoms with Gasteiger partial charge in [-0.1, -0.05) is 6.92 Å². The molecular weight excluding hydrogens is 398 g/mol. The van der Waals surface area contributed by atoms with Gasteiger partial charge >= 0.3 is 5.97 Å². The van der Waals surface area contributed by atoms with Crippen LogP contribution in [-0.4, -0.2) is 53.5 Å². The summed E-state index contributed by atoms with van der Waals surface area (Å²) in [6.07, 6.45) is 3.78. The van der Waals surface area contributed by atoms with Crippen LogP contribution in [0.5, 0.6) is 0 Å². The van der Waals surface area contributed by atoms with Crippen LogP contribution in [0.4, 0.5) is 5.69 Å². The molecule has 0 aliphatic carbocycles. The molecule has 0 aliphatic rings. The summed E-state index contributed by atoms with van der Waals surface area (Å²) in [6.45, 7) is 4.32. The molecule has 1 unspecified atom stereocenters. The number of nitrogens with zero attached hydrogens (tertiary/aromatic N) is 2. The van der Waals surface area contributed by atoms with Crippen LogP contribution in [0.2, 0.25) is 0 Å². The third-order valence-electron chi connectivity index (χ3n) is 4.01. The number of carbonyl (C=O) groups is 1. The van der Waals surface area contributed by atoms with Gasteiger partial charge in [0.15, 0.2) is 21.3 Å². The first-order valence-corrected chi connectivity index (χ1v) is 10.8. The van der Waals surface area contributed by atoms with Gasteiger partial charge in [0.05, 0.1) is 10.6 Å². The molecule has 29 heavy (non-hydrogen) atoms. The van der Waals surface area contributed by atoms with Gasteiger partial charge in [-0.2, -0.15) is 0 Å². The number of hydrogen-bond acceptors (Lipinski definition) is 8. The number of aromatic nitrogens is 2. The molecule has 10 heteroatoms. The van der Waals surface area contributed by atoms with Gasteiger partial charge in [-0.25, -0.2) is 18.2 Å². The number of ether oxygens (including phenoxy) is 1. The number of sulfone groups is 1. The second-order valence-corrected chi connectivity index (χ2v) is 8.67. The topological polar surface area (TPSA) is 139 Å². The molecule has 2 rings (SSSR count). The molecule has 0 saturated heterocycles. The quantitative estimate of drug-likeness (QED) is 0.366. The maximum atomic E-state index is 12.4. The van der Waals surface area contributed by atoms with E-state index in [1.165, 1.54) is 43.6 Å². The minimum atomic E-state index is -3.45.